The maximum absolute atomic E-state index is 13.1. The Morgan fingerprint density at radius 1 is 0.917 bits per heavy atom. The Hall–Kier alpha value is -2.82. The second kappa shape index (κ2) is 10.7. The number of piperazine rings is 2. The molecule has 4 aliphatic heterocycles. The van der Waals surface area contributed by atoms with Gasteiger partial charge in [-0.15, -0.1) is 0 Å². The Bertz CT molecular complexity index is 1040. The van der Waals surface area contributed by atoms with Gasteiger partial charge in [0.25, 0.3) is 11.8 Å². The summed E-state index contributed by atoms with van der Waals surface area (Å²) in [5.74, 6) is -1.87. The Morgan fingerprint density at radius 3 is 2.42 bits per heavy atom. The van der Waals surface area contributed by atoms with Gasteiger partial charge in [0.1, 0.15) is 6.04 Å². The Balaban J connectivity index is 1.13. The van der Waals surface area contributed by atoms with Crippen LogP contribution >= 0.6 is 0 Å². The topological polar surface area (TPSA) is 105 Å². The molecular weight excluding hydrogens is 460 g/mol. The molecule has 2 unspecified atom stereocenters. The van der Waals surface area contributed by atoms with Crippen LogP contribution in [-0.2, 0) is 9.59 Å². The zero-order chi connectivity index (χ0) is 25.2. The third-order valence-corrected chi connectivity index (χ3v) is 7.97. The molecule has 1 aromatic rings. The van der Waals surface area contributed by atoms with E-state index in [1.54, 1.807) is 12.1 Å². The van der Waals surface area contributed by atoms with Crippen LogP contribution in [0.5, 0.6) is 0 Å². The van der Waals surface area contributed by atoms with Crippen molar-refractivity contribution in [2.75, 3.05) is 63.8 Å². The summed E-state index contributed by atoms with van der Waals surface area (Å²) in [4.78, 5) is 58.1. The number of rotatable bonds is 7. The molecule has 4 amide bonds. The third kappa shape index (κ3) is 5.02. The first-order valence-corrected chi connectivity index (χ1v) is 13.2. The fourth-order valence-corrected chi connectivity index (χ4v) is 5.75. The van der Waals surface area contributed by atoms with Crippen molar-refractivity contribution in [3.63, 3.8) is 0 Å². The number of hydrogen-bond donors (Lipinski definition) is 2. The molecule has 0 spiro atoms. The van der Waals surface area contributed by atoms with Crippen LogP contribution < -0.4 is 15.5 Å². The molecule has 0 aromatic heterocycles. The normalized spacial score (nSPS) is 25.9. The number of unbranched alkanes of at least 4 members (excludes halogenated alkanes) is 1. The molecule has 10 nitrogen and oxygen atoms in total. The van der Waals surface area contributed by atoms with E-state index in [9.17, 15) is 19.2 Å². The molecule has 0 bridgehead atoms. The molecule has 194 valence electrons. The highest BCUT2D eigenvalue weighted by Crippen LogP contribution is 2.31. The second-order valence-corrected chi connectivity index (χ2v) is 10.3. The van der Waals surface area contributed by atoms with Gasteiger partial charge in [-0.05, 0) is 57.5 Å². The number of hydrogen-bond acceptors (Lipinski definition) is 8. The van der Waals surface area contributed by atoms with Gasteiger partial charge in [0.2, 0.25) is 11.8 Å². The number of carbonyl (C=O) groups excluding carboxylic acids is 4. The minimum atomic E-state index is -0.933. The van der Waals surface area contributed by atoms with E-state index in [-0.39, 0.29) is 18.7 Å². The Kier molecular flexibility index (Phi) is 7.36. The highest BCUT2D eigenvalue weighted by atomic mass is 16.2. The second-order valence-electron chi connectivity index (χ2n) is 10.3. The lowest BCUT2D eigenvalue weighted by Crippen LogP contribution is -2.54. The molecule has 36 heavy (non-hydrogen) atoms. The van der Waals surface area contributed by atoms with E-state index in [4.69, 9.17) is 0 Å². The lowest BCUT2D eigenvalue weighted by atomic mass is 10.0. The van der Waals surface area contributed by atoms with Crippen molar-refractivity contribution in [2.45, 2.75) is 44.7 Å². The maximum Gasteiger partial charge on any atom is 0.262 e. The van der Waals surface area contributed by atoms with E-state index in [0.717, 1.165) is 62.9 Å². The van der Waals surface area contributed by atoms with Crippen LogP contribution in [0.2, 0.25) is 0 Å². The number of amides is 4. The van der Waals surface area contributed by atoms with Crippen molar-refractivity contribution in [1.29, 1.82) is 0 Å². The van der Waals surface area contributed by atoms with Crippen LogP contribution in [-0.4, -0.2) is 109 Å². The van der Waals surface area contributed by atoms with E-state index >= 15 is 0 Å². The molecule has 4 heterocycles. The lowest BCUT2D eigenvalue weighted by Gasteiger charge is -2.37. The highest BCUT2D eigenvalue weighted by molar-refractivity contribution is 6.23. The van der Waals surface area contributed by atoms with Crippen LogP contribution in [0.3, 0.4) is 0 Å². The number of anilines is 1. The fraction of sp³-hybridized carbons (Fsp3) is 0.615. The molecule has 0 aliphatic carbocycles. The van der Waals surface area contributed by atoms with E-state index in [1.165, 1.54) is 19.4 Å². The van der Waals surface area contributed by atoms with Crippen molar-refractivity contribution in [3.05, 3.63) is 29.3 Å². The summed E-state index contributed by atoms with van der Waals surface area (Å²) in [6.07, 6.45) is 2.70. The number of benzene rings is 1. The molecule has 5 rings (SSSR count). The zero-order valence-electron chi connectivity index (χ0n) is 21.0. The first-order chi connectivity index (χ1) is 17.4. The summed E-state index contributed by atoms with van der Waals surface area (Å²) in [6.45, 7) is 11.5. The van der Waals surface area contributed by atoms with Gasteiger partial charge in [-0.2, -0.15) is 0 Å². The Morgan fingerprint density at radius 2 is 1.67 bits per heavy atom. The number of piperidine rings is 1. The molecule has 0 radical (unpaired) electrons. The highest BCUT2D eigenvalue weighted by Gasteiger charge is 2.44. The third-order valence-electron chi connectivity index (χ3n) is 7.97. The molecule has 3 saturated heterocycles. The zero-order valence-corrected chi connectivity index (χ0v) is 21.0. The quantitative estimate of drug-likeness (QED) is 0.410. The lowest BCUT2D eigenvalue weighted by molar-refractivity contribution is -0.136. The van der Waals surface area contributed by atoms with Gasteiger partial charge in [-0.3, -0.25) is 39.2 Å². The number of fused-ring (bicyclic) bond motifs is 1. The minimum absolute atomic E-state index is 0.119. The van der Waals surface area contributed by atoms with Crippen molar-refractivity contribution >= 4 is 29.3 Å². The molecule has 0 saturated carbocycles. The van der Waals surface area contributed by atoms with Gasteiger partial charge in [-0.1, -0.05) is 0 Å². The van der Waals surface area contributed by atoms with Crippen LogP contribution in [0.4, 0.5) is 5.69 Å². The molecular formula is C26H36N6O4. The summed E-state index contributed by atoms with van der Waals surface area (Å²) in [5, 5.41) is 5.68. The number of nitrogens with one attached hydrogen (secondary N) is 2. The fourth-order valence-electron chi connectivity index (χ4n) is 5.75. The van der Waals surface area contributed by atoms with Gasteiger partial charge >= 0.3 is 0 Å². The Labute approximate surface area is 211 Å². The molecule has 2 N–H and O–H groups in total. The monoisotopic (exact) mass is 496 g/mol. The van der Waals surface area contributed by atoms with Crippen LogP contribution in [0.25, 0.3) is 0 Å². The first kappa shape index (κ1) is 24.9. The van der Waals surface area contributed by atoms with E-state index in [1.807, 2.05) is 6.07 Å². The number of carbonyl (C=O) groups is 4. The van der Waals surface area contributed by atoms with E-state index in [0.29, 0.717) is 17.2 Å². The summed E-state index contributed by atoms with van der Waals surface area (Å²) in [7, 11) is 0. The van der Waals surface area contributed by atoms with Crippen LogP contribution in [0.15, 0.2) is 18.2 Å². The summed E-state index contributed by atoms with van der Waals surface area (Å²) in [5.41, 5.74) is 1.59. The summed E-state index contributed by atoms with van der Waals surface area (Å²) in [6, 6.07) is 5.05. The van der Waals surface area contributed by atoms with Gasteiger partial charge in [0, 0.05) is 64.0 Å². The first-order valence-electron chi connectivity index (χ1n) is 13.2. The standard InChI is InChI=1S/C26H36N6O4/c1-18-17-27-8-11-30(18)10-3-2-9-29-12-14-31(15-13-29)19-4-5-20-21(16-19)26(36)32(25(20)35)22-6-7-23(33)28-24(22)34/h4-5,16,18,22,27H,2-3,6-15,17H2,1H3,(H,28,33,34). The van der Waals surface area contributed by atoms with Gasteiger partial charge in [0.05, 0.1) is 11.1 Å². The molecule has 2 atom stereocenters. The van der Waals surface area contributed by atoms with Gasteiger partial charge in [-0.25, -0.2) is 0 Å². The maximum atomic E-state index is 13.1. The molecule has 10 heteroatoms. The predicted octanol–water partition coefficient (Wildman–Crippen LogP) is 0.284. The summed E-state index contributed by atoms with van der Waals surface area (Å²) < 4.78 is 0. The summed E-state index contributed by atoms with van der Waals surface area (Å²) >= 11 is 0. The van der Waals surface area contributed by atoms with Gasteiger partial charge < -0.3 is 10.2 Å². The van der Waals surface area contributed by atoms with Crippen LogP contribution in [0.1, 0.15) is 53.3 Å². The van der Waals surface area contributed by atoms with Gasteiger partial charge in [0.15, 0.2) is 0 Å². The molecule has 1 aromatic carbocycles. The minimum Gasteiger partial charge on any atom is -0.369 e. The average Bonchev–Trinajstić information content (AvgIpc) is 3.12. The van der Waals surface area contributed by atoms with Crippen molar-refractivity contribution in [1.82, 2.24) is 25.3 Å². The SMILES string of the molecule is CC1CNCCN1CCCCN1CCN(c2ccc3c(c2)C(=O)N(C2CCC(=O)NC2=O)C3=O)CC1. The van der Waals surface area contributed by atoms with Crippen molar-refractivity contribution in [2.24, 2.45) is 0 Å². The van der Waals surface area contributed by atoms with Crippen molar-refractivity contribution in [3.8, 4) is 0 Å². The largest absolute Gasteiger partial charge is 0.369 e. The predicted molar refractivity (Wildman–Crippen MR) is 135 cm³/mol. The van der Waals surface area contributed by atoms with Crippen LogP contribution in [0, 0.1) is 0 Å². The van der Waals surface area contributed by atoms with Crippen molar-refractivity contribution < 1.29 is 19.2 Å². The number of imide groups is 2. The molecule has 4 aliphatic rings. The van der Waals surface area contributed by atoms with E-state index in [2.05, 4.69) is 32.3 Å². The average molecular weight is 497 g/mol. The molecule has 3 fully saturated rings. The smallest absolute Gasteiger partial charge is 0.262 e. The number of nitrogens with zero attached hydrogens (tertiary/aromatic N) is 4. The van der Waals surface area contributed by atoms with E-state index < -0.39 is 23.8 Å².